The number of aryl methyl sites for hydroxylation is 2. The van der Waals surface area contributed by atoms with E-state index < -0.39 is 0 Å². The van der Waals surface area contributed by atoms with Crippen LogP contribution >= 0.6 is 0 Å². The van der Waals surface area contributed by atoms with Gasteiger partial charge in [-0.3, -0.25) is 0 Å². The lowest BCUT2D eigenvalue weighted by Gasteiger charge is -2.09. The van der Waals surface area contributed by atoms with Crippen molar-refractivity contribution >= 4 is 5.82 Å². The second kappa shape index (κ2) is 5.77. The minimum absolute atomic E-state index is 0.346. The van der Waals surface area contributed by atoms with E-state index in [4.69, 9.17) is 10.6 Å². The molecule has 2 aromatic heterocycles. The summed E-state index contributed by atoms with van der Waals surface area (Å²) < 4.78 is 7.08. The van der Waals surface area contributed by atoms with E-state index >= 15 is 0 Å². The van der Waals surface area contributed by atoms with Crippen LogP contribution in [-0.2, 0) is 11.3 Å². The van der Waals surface area contributed by atoms with Crippen molar-refractivity contribution in [1.82, 2.24) is 19.7 Å². The van der Waals surface area contributed by atoms with Crippen molar-refractivity contribution in [3.8, 4) is 5.82 Å². The normalized spacial score (nSPS) is 10.7. The van der Waals surface area contributed by atoms with Crippen molar-refractivity contribution in [1.29, 1.82) is 0 Å². The van der Waals surface area contributed by atoms with Crippen molar-refractivity contribution < 1.29 is 4.74 Å². The quantitative estimate of drug-likeness (QED) is 0.619. The zero-order valence-electron chi connectivity index (χ0n) is 11.3. The maximum atomic E-state index is 5.43. The van der Waals surface area contributed by atoms with E-state index in [9.17, 15) is 0 Å². The Morgan fingerprint density at radius 2 is 2.11 bits per heavy atom. The van der Waals surface area contributed by atoms with E-state index in [1.54, 1.807) is 10.7 Å². The molecule has 7 heteroatoms. The summed E-state index contributed by atoms with van der Waals surface area (Å²) in [4.78, 5) is 8.67. The third-order valence-corrected chi connectivity index (χ3v) is 2.57. The molecular formula is C12H18N6O. The van der Waals surface area contributed by atoms with E-state index in [1.165, 1.54) is 0 Å². The van der Waals surface area contributed by atoms with Crippen molar-refractivity contribution in [2.24, 2.45) is 5.84 Å². The van der Waals surface area contributed by atoms with Crippen molar-refractivity contribution in [3.05, 3.63) is 29.3 Å². The molecule has 7 nitrogen and oxygen atoms in total. The molecule has 0 spiro atoms. The monoisotopic (exact) mass is 262 g/mol. The van der Waals surface area contributed by atoms with Crippen LogP contribution in [0.1, 0.15) is 24.1 Å². The van der Waals surface area contributed by atoms with Crippen LogP contribution in [0.4, 0.5) is 5.82 Å². The van der Waals surface area contributed by atoms with Gasteiger partial charge in [-0.2, -0.15) is 5.10 Å². The molecule has 0 fully saturated rings. The molecule has 0 saturated carbocycles. The third-order valence-electron chi connectivity index (χ3n) is 2.57. The van der Waals surface area contributed by atoms with Crippen molar-refractivity contribution in [2.75, 3.05) is 12.0 Å². The van der Waals surface area contributed by atoms with Gasteiger partial charge in [-0.1, -0.05) is 0 Å². The molecule has 0 atom stereocenters. The lowest BCUT2D eigenvalue weighted by atomic mass is 10.4. The molecule has 0 bridgehead atoms. The second-order valence-electron chi connectivity index (χ2n) is 4.15. The Balaban J connectivity index is 2.41. The highest BCUT2D eigenvalue weighted by molar-refractivity contribution is 5.41. The number of nitrogens with two attached hydrogens (primary N) is 1. The standard InChI is InChI=1S/C12H18N6O/c1-4-19-7-11-14-10(16-13)6-12(15-11)18-9(3)5-8(2)17-18/h5-6H,4,7,13H2,1-3H3,(H,14,15,16). The van der Waals surface area contributed by atoms with Crippen molar-refractivity contribution in [3.63, 3.8) is 0 Å². The SMILES string of the molecule is CCOCc1nc(NN)cc(-n2nc(C)cc2C)n1. The maximum absolute atomic E-state index is 5.43. The number of hydrogen-bond acceptors (Lipinski definition) is 6. The Labute approximate surface area is 111 Å². The van der Waals surface area contributed by atoms with Crippen LogP contribution in [0.5, 0.6) is 0 Å². The van der Waals surface area contributed by atoms with Gasteiger partial charge in [-0.25, -0.2) is 20.5 Å². The number of hydrogen-bond donors (Lipinski definition) is 2. The summed E-state index contributed by atoms with van der Waals surface area (Å²) in [6.45, 7) is 6.79. The van der Waals surface area contributed by atoms with Crippen LogP contribution in [0.15, 0.2) is 12.1 Å². The first-order valence-corrected chi connectivity index (χ1v) is 6.10. The first-order chi connectivity index (χ1) is 9.13. The molecule has 0 unspecified atom stereocenters. The predicted octanol–water partition coefficient (Wildman–Crippen LogP) is 1.10. The van der Waals surface area contributed by atoms with Gasteiger partial charge in [0.05, 0.1) is 5.69 Å². The second-order valence-corrected chi connectivity index (χ2v) is 4.15. The zero-order valence-corrected chi connectivity index (χ0v) is 11.3. The lowest BCUT2D eigenvalue weighted by molar-refractivity contribution is 0.128. The van der Waals surface area contributed by atoms with E-state index in [0.717, 1.165) is 11.4 Å². The number of nitrogen functional groups attached to an aromatic ring is 1. The Bertz CT molecular complexity index is 565. The molecular weight excluding hydrogens is 244 g/mol. The minimum atomic E-state index is 0.346. The molecule has 19 heavy (non-hydrogen) atoms. The molecule has 102 valence electrons. The van der Waals surface area contributed by atoms with Gasteiger partial charge in [0.1, 0.15) is 12.4 Å². The number of nitrogens with zero attached hydrogens (tertiary/aromatic N) is 4. The van der Waals surface area contributed by atoms with Crippen LogP contribution in [-0.4, -0.2) is 26.4 Å². The van der Waals surface area contributed by atoms with Crippen molar-refractivity contribution in [2.45, 2.75) is 27.4 Å². The molecule has 2 heterocycles. The Morgan fingerprint density at radius 1 is 1.32 bits per heavy atom. The average molecular weight is 262 g/mol. The van der Waals surface area contributed by atoms with E-state index in [1.807, 2.05) is 26.8 Å². The number of ether oxygens (including phenoxy) is 1. The van der Waals surface area contributed by atoms with E-state index in [0.29, 0.717) is 30.7 Å². The van der Waals surface area contributed by atoms with Gasteiger partial charge < -0.3 is 10.2 Å². The van der Waals surface area contributed by atoms with Gasteiger partial charge in [0.2, 0.25) is 0 Å². The van der Waals surface area contributed by atoms with E-state index in [-0.39, 0.29) is 0 Å². The first-order valence-electron chi connectivity index (χ1n) is 6.10. The Kier molecular flexibility index (Phi) is 4.08. The Morgan fingerprint density at radius 3 is 2.68 bits per heavy atom. The number of rotatable bonds is 5. The summed E-state index contributed by atoms with van der Waals surface area (Å²) in [6.07, 6.45) is 0. The highest BCUT2D eigenvalue weighted by Gasteiger charge is 2.09. The summed E-state index contributed by atoms with van der Waals surface area (Å²) in [5.41, 5.74) is 4.47. The summed E-state index contributed by atoms with van der Waals surface area (Å²) in [5.74, 6) is 7.20. The minimum Gasteiger partial charge on any atom is -0.374 e. The topological polar surface area (TPSA) is 90.9 Å². The van der Waals surface area contributed by atoms with Gasteiger partial charge >= 0.3 is 0 Å². The van der Waals surface area contributed by atoms with Gasteiger partial charge in [0.15, 0.2) is 11.6 Å². The van der Waals surface area contributed by atoms with Gasteiger partial charge in [-0.05, 0) is 26.8 Å². The van der Waals surface area contributed by atoms with Gasteiger partial charge in [-0.15, -0.1) is 0 Å². The average Bonchev–Trinajstić information content (AvgIpc) is 2.75. The van der Waals surface area contributed by atoms with Crippen LogP contribution in [0.25, 0.3) is 5.82 Å². The maximum Gasteiger partial charge on any atom is 0.159 e. The van der Waals surface area contributed by atoms with Gasteiger partial charge in [0, 0.05) is 18.4 Å². The molecule has 0 saturated heterocycles. The smallest absolute Gasteiger partial charge is 0.159 e. The number of anilines is 1. The molecule has 2 aromatic rings. The third kappa shape index (κ3) is 3.07. The van der Waals surface area contributed by atoms with Crippen LogP contribution < -0.4 is 11.3 Å². The summed E-state index contributed by atoms with van der Waals surface area (Å²) in [6, 6.07) is 3.73. The predicted molar refractivity (Wildman–Crippen MR) is 71.8 cm³/mol. The largest absolute Gasteiger partial charge is 0.374 e. The summed E-state index contributed by atoms with van der Waals surface area (Å²) >= 11 is 0. The van der Waals surface area contributed by atoms with Crippen LogP contribution in [0.3, 0.4) is 0 Å². The molecule has 0 aliphatic carbocycles. The fourth-order valence-electron chi connectivity index (χ4n) is 1.78. The molecule has 0 amide bonds. The Hall–Kier alpha value is -1.99. The number of nitrogens with one attached hydrogen (secondary N) is 1. The first kappa shape index (κ1) is 13.4. The lowest BCUT2D eigenvalue weighted by Crippen LogP contribution is -2.13. The number of aromatic nitrogens is 4. The van der Waals surface area contributed by atoms with E-state index in [2.05, 4.69) is 20.5 Å². The summed E-state index contributed by atoms with van der Waals surface area (Å²) in [7, 11) is 0. The highest BCUT2D eigenvalue weighted by Crippen LogP contribution is 2.13. The molecule has 0 radical (unpaired) electrons. The van der Waals surface area contributed by atoms with Gasteiger partial charge in [0.25, 0.3) is 0 Å². The highest BCUT2D eigenvalue weighted by atomic mass is 16.5. The molecule has 0 aliphatic heterocycles. The fraction of sp³-hybridized carbons (Fsp3) is 0.417. The molecule has 0 aliphatic rings. The summed E-state index contributed by atoms with van der Waals surface area (Å²) in [5, 5.41) is 4.39. The number of hydrazine groups is 1. The molecule has 0 aromatic carbocycles. The fourth-order valence-corrected chi connectivity index (χ4v) is 1.78. The zero-order chi connectivity index (χ0) is 13.8. The molecule has 3 N–H and O–H groups in total. The van der Waals surface area contributed by atoms with Crippen LogP contribution in [0, 0.1) is 13.8 Å². The van der Waals surface area contributed by atoms with Crippen LogP contribution in [0.2, 0.25) is 0 Å². The molecule has 2 rings (SSSR count).